The van der Waals surface area contributed by atoms with Gasteiger partial charge in [-0.25, -0.2) is 15.0 Å². The fourth-order valence-electron chi connectivity index (χ4n) is 4.61. The minimum absolute atomic E-state index is 0.00514. The number of carbonyl (C=O) groups is 1. The molecule has 0 radical (unpaired) electrons. The Morgan fingerprint density at radius 1 is 1.11 bits per heavy atom. The molecule has 37 heavy (non-hydrogen) atoms. The van der Waals surface area contributed by atoms with Crippen molar-refractivity contribution in [1.82, 2.24) is 19.5 Å². The van der Waals surface area contributed by atoms with E-state index in [1.54, 1.807) is 0 Å². The number of esters is 1. The summed E-state index contributed by atoms with van der Waals surface area (Å²) in [4.78, 5) is 26.6. The number of imidazole rings is 1. The van der Waals surface area contributed by atoms with Gasteiger partial charge < -0.3 is 25.7 Å². The van der Waals surface area contributed by atoms with Gasteiger partial charge in [0.2, 0.25) is 6.79 Å². The zero-order valence-electron chi connectivity index (χ0n) is 20.0. The molecule has 2 aromatic heterocycles. The average Bonchev–Trinajstić information content (AvgIpc) is 3.65. The number of fused-ring (bicyclic) bond motifs is 2. The molecule has 10 nitrogen and oxygen atoms in total. The lowest BCUT2D eigenvalue weighted by Gasteiger charge is -2.16. The van der Waals surface area contributed by atoms with Crippen LogP contribution in [0.3, 0.4) is 0 Å². The number of carbonyl (C=O) groups excluding carboxylic acids is 1. The summed E-state index contributed by atoms with van der Waals surface area (Å²) in [5.41, 5.74) is 15.2. The third-order valence-corrected chi connectivity index (χ3v) is 7.48. The second kappa shape index (κ2) is 9.91. The first-order valence-corrected chi connectivity index (χ1v) is 13.0. The van der Waals surface area contributed by atoms with Crippen LogP contribution < -0.4 is 20.9 Å². The second-order valence-electron chi connectivity index (χ2n) is 9.10. The maximum absolute atomic E-state index is 12.4. The molecule has 1 atom stereocenters. The summed E-state index contributed by atoms with van der Waals surface area (Å²) in [5.74, 6) is 1.37. The van der Waals surface area contributed by atoms with Gasteiger partial charge in [-0.2, -0.15) is 0 Å². The number of benzene rings is 2. The molecule has 6 rings (SSSR count). The van der Waals surface area contributed by atoms with Crippen LogP contribution in [0.1, 0.15) is 31.2 Å². The Labute approximate surface area is 217 Å². The Kier molecular flexibility index (Phi) is 6.31. The number of ether oxygens (including phenoxy) is 3. The molecular weight excluding hydrogens is 492 g/mol. The van der Waals surface area contributed by atoms with Crippen molar-refractivity contribution in [1.29, 1.82) is 0 Å². The maximum atomic E-state index is 12.4. The molecule has 0 bridgehead atoms. The highest BCUT2D eigenvalue weighted by atomic mass is 32.2. The number of aromatic nitrogens is 4. The van der Waals surface area contributed by atoms with Crippen LogP contribution in [-0.2, 0) is 16.0 Å². The SMILES string of the molecule is Nc1ncnc2c1nc(Sc1ccc3c(c1)OCO3)n2-c1ccc(C[C@H](N)C(=O)OC2CCCC2)cc1. The van der Waals surface area contributed by atoms with E-state index in [0.29, 0.717) is 40.1 Å². The highest BCUT2D eigenvalue weighted by Gasteiger charge is 2.24. The fourth-order valence-corrected chi connectivity index (χ4v) is 5.55. The van der Waals surface area contributed by atoms with Crippen LogP contribution in [0.5, 0.6) is 11.5 Å². The number of nitrogens with zero attached hydrogens (tertiary/aromatic N) is 4. The third kappa shape index (κ3) is 4.79. The lowest BCUT2D eigenvalue weighted by atomic mass is 10.1. The molecule has 190 valence electrons. The van der Waals surface area contributed by atoms with E-state index in [2.05, 4.69) is 9.97 Å². The minimum atomic E-state index is -0.704. The smallest absolute Gasteiger partial charge is 0.323 e. The Hall–Kier alpha value is -3.83. The van der Waals surface area contributed by atoms with Crippen molar-refractivity contribution in [3.8, 4) is 17.2 Å². The van der Waals surface area contributed by atoms with Gasteiger partial charge in [-0.1, -0.05) is 23.9 Å². The van der Waals surface area contributed by atoms with E-state index < -0.39 is 6.04 Å². The molecule has 0 saturated heterocycles. The van der Waals surface area contributed by atoms with E-state index in [1.165, 1.54) is 18.1 Å². The van der Waals surface area contributed by atoms with E-state index >= 15 is 0 Å². The molecule has 1 aliphatic carbocycles. The van der Waals surface area contributed by atoms with Gasteiger partial charge in [0.15, 0.2) is 33.6 Å². The Bertz CT molecular complexity index is 1450. The fraction of sp³-hybridized carbons (Fsp3) is 0.308. The van der Waals surface area contributed by atoms with E-state index in [1.807, 2.05) is 47.0 Å². The van der Waals surface area contributed by atoms with E-state index in [4.69, 9.17) is 30.7 Å². The zero-order chi connectivity index (χ0) is 25.4. The van der Waals surface area contributed by atoms with Crippen molar-refractivity contribution in [2.45, 2.75) is 54.3 Å². The van der Waals surface area contributed by atoms with E-state index in [-0.39, 0.29) is 18.9 Å². The van der Waals surface area contributed by atoms with Gasteiger partial charge >= 0.3 is 5.97 Å². The number of hydrogen-bond donors (Lipinski definition) is 2. The Balaban J connectivity index is 1.26. The molecule has 4 aromatic rings. The van der Waals surface area contributed by atoms with Gasteiger partial charge in [0, 0.05) is 10.6 Å². The van der Waals surface area contributed by atoms with Gasteiger partial charge in [-0.3, -0.25) is 9.36 Å². The maximum Gasteiger partial charge on any atom is 0.323 e. The number of nitrogens with two attached hydrogens (primary N) is 2. The summed E-state index contributed by atoms with van der Waals surface area (Å²) in [7, 11) is 0. The third-order valence-electron chi connectivity index (χ3n) is 6.53. The number of rotatable bonds is 7. The highest BCUT2D eigenvalue weighted by Crippen LogP contribution is 2.39. The van der Waals surface area contributed by atoms with Crippen LogP contribution in [0.15, 0.2) is 58.8 Å². The molecule has 0 amide bonds. The first kappa shape index (κ1) is 23.6. The zero-order valence-corrected chi connectivity index (χ0v) is 20.8. The summed E-state index contributed by atoms with van der Waals surface area (Å²) >= 11 is 1.46. The van der Waals surface area contributed by atoms with E-state index in [0.717, 1.165) is 41.8 Å². The molecule has 0 spiro atoms. The highest BCUT2D eigenvalue weighted by molar-refractivity contribution is 7.99. The molecule has 1 fully saturated rings. The van der Waals surface area contributed by atoms with Crippen LogP contribution in [0.25, 0.3) is 16.9 Å². The van der Waals surface area contributed by atoms with Crippen molar-refractivity contribution in [3.05, 3.63) is 54.4 Å². The molecular formula is C26H26N6O4S. The van der Waals surface area contributed by atoms with Crippen molar-refractivity contribution in [2.75, 3.05) is 12.5 Å². The van der Waals surface area contributed by atoms with Crippen LogP contribution in [0, 0.1) is 0 Å². The predicted octanol–water partition coefficient (Wildman–Crippen LogP) is 3.63. The van der Waals surface area contributed by atoms with Gasteiger partial charge in [0.05, 0.1) is 0 Å². The average molecular weight is 519 g/mol. The standard InChI is InChI=1S/C26H26N6O4S/c27-19(25(33)36-17-3-1-2-4-17)11-15-5-7-16(8-6-15)32-24-22(23(28)29-13-30-24)31-26(32)37-18-9-10-20-21(12-18)35-14-34-20/h5-10,12-13,17,19H,1-4,11,14,27H2,(H2,28,29,30)/t19-/m0/s1. The van der Waals surface area contributed by atoms with Gasteiger partial charge in [0.25, 0.3) is 0 Å². The molecule has 0 unspecified atom stereocenters. The van der Waals surface area contributed by atoms with Crippen molar-refractivity contribution in [3.63, 3.8) is 0 Å². The summed E-state index contributed by atoms with van der Waals surface area (Å²) in [6.07, 6.45) is 5.87. The second-order valence-corrected chi connectivity index (χ2v) is 10.1. The van der Waals surface area contributed by atoms with Crippen molar-refractivity contribution >= 4 is 34.7 Å². The molecule has 2 aliphatic rings. The largest absolute Gasteiger partial charge is 0.461 e. The number of hydrogen-bond acceptors (Lipinski definition) is 10. The van der Waals surface area contributed by atoms with Crippen LogP contribution >= 0.6 is 11.8 Å². The summed E-state index contributed by atoms with van der Waals surface area (Å²) in [6, 6.07) is 12.8. The van der Waals surface area contributed by atoms with Gasteiger partial charge in [0.1, 0.15) is 18.5 Å². The lowest BCUT2D eigenvalue weighted by molar-refractivity contribution is -0.150. The molecule has 1 aliphatic heterocycles. The number of nitrogen functional groups attached to an aromatic ring is 1. The quantitative estimate of drug-likeness (QED) is 0.348. The molecule has 2 aromatic carbocycles. The monoisotopic (exact) mass is 518 g/mol. The first-order chi connectivity index (χ1) is 18.0. The molecule has 11 heteroatoms. The van der Waals surface area contributed by atoms with Crippen LogP contribution in [-0.4, -0.2) is 44.4 Å². The predicted molar refractivity (Wildman–Crippen MR) is 138 cm³/mol. The molecule has 1 saturated carbocycles. The summed E-state index contributed by atoms with van der Waals surface area (Å²) in [6.45, 7) is 0.211. The first-order valence-electron chi connectivity index (χ1n) is 12.2. The molecule has 4 N–H and O–H groups in total. The molecule has 3 heterocycles. The topological polar surface area (TPSA) is 140 Å². The normalized spacial score (nSPS) is 15.8. The van der Waals surface area contributed by atoms with Gasteiger partial charge in [-0.05, 0) is 68.0 Å². The summed E-state index contributed by atoms with van der Waals surface area (Å²) in [5, 5.41) is 0.672. The van der Waals surface area contributed by atoms with Crippen molar-refractivity contribution < 1.29 is 19.0 Å². The summed E-state index contributed by atoms with van der Waals surface area (Å²) < 4.78 is 18.4. The van der Waals surface area contributed by atoms with Gasteiger partial charge in [-0.15, -0.1) is 0 Å². The van der Waals surface area contributed by atoms with Crippen LogP contribution in [0.4, 0.5) is 5.82 Å². The van der Waals surface area contributed by atoms with Crippen LogP contribution in [0.2, 0.25) is 0 Å². The number of anilines is 1. The lowest BCUT2D eigenvalue weighted by Crippen LogP contribution is -2.36. The Morgan fingerprint density at radius 2 is 1.89 bits per heavy atom. The minimum Gasteiger partial charge on any atom is -0.461 e. The van der Waals surface area contributed by atoms with Crippen molar-refractivity contribution in [2.24, 2.45) is 5.73 Å². The Morgan fingerprint density at radius 3 is 2.70 bits per heavy atom. The van der Waals surface area contributed by atoms with E-state index in [9.17, 15) is 4.79 Å².